The van der Waals surface area contributed by atoms with Crippen molar-refractivity contribution in [3.05, 3.63) is 42.2 Å². The van der Waals surface area contributed by atoms with E-state index >= 15 is 0 Å². The minimum Gasteiger partial charge on any atom is -0.492 e. The van der Waals surface area contributed by atoms with Gasteiger partial charge in [-0.2, -0.15) is 5.10 Å². The van der Waals surface area contributed by atoms with Crippen molar-refractivity contribution in [2.75, 3.05) is 46.9 Å². The van der Waals surface area contributed by atoms with Crippen molar-refractivity contribution in [1.29, 1.82) is 0 Å². The molecule has 2 aliphatic heterocycles. The Morgan fingerprint density at radius 1 is 1.21 bits per heavy atom. The van der Waals surface area contributed by atoms with Gasteiger partial charge in [0.2, 0.25) is 0 Å². The highest BCUT2D eigenvalue weighted by atomic mass is 16.5. The lowest BCUT2D eigenvalue weighted by molar-refractivity contribution is 0.206. The Labute approximate surface area is 194 Å². The summed E-state index contributed by atoms with van der Waals surface area (Å²) in [6.45, 7) is 6.57. The Hall–Kier alpha value is -3.13. The molecule has 1 fully saturated rings. The first-order valence-electron chi connectivity index (χ1n) is 11.8. The second kappa shape index (κ2) is 8.67. The van der Waals surface area contributed by atoms with Crippen molar-refractivity contribution in [3.63, 3.8) is 0 Å². The molecule has 8 heteroatoms. The van der Waals surface area contributed by atoms with Crippen LogP contribution in [0.2, 0.25) is 0 Å². The van der Waals surface area contributed by atoms with Gasteiger partial charge in [-0.25, -0.2) is 4.79 Å². The van der Waals surface area contributed by atoms with Gasteiger partial charge in [0, 0.05) is 61.0 Å². The summed E-state index contributed by atoms with van der Waals surface area (Å²) in [6, 6.07) is 10.4. The van der Waals surface area contributed by atoms with Crippen LogP contribution in [0.15, 0.2) is 36.5 Å². The van der Waals surface area contributed by atoms with E-state index in [0.717, 1.165) is 66.9 Å². The molecule has 4 heterocycles. The van der Waals surface area contributed by atoms with Crippen molar-refractivity contribution in [2.45, 2.75) is 31.7 Å². The molecule has 0 radical (unpaired) electrons. The zero-order valence-electron chi connectivity index (χ0n) is 19.7. The SMILES string of the molecule is CCNC(=O)N1CCC2(CCn3nc(-c4cnc5ccc(OCCN(C)C)cc5c4)cc32)C1. The highest BCUT2D eigenvalue weighted by Crippen LogP contribution is 2.43. The number of likely N-dealkylation sites (tertiary alicyclic amines) is 1. The molecule has 174 valence electrons. The second-order valence-electron chi connectivity index (χ2n) is 9.41. The molecule has 1 spiro atoms. The van der Waals surface area contributed by atoms with E-state index in [-0.39, 0.29) is 11.4 Å². The van der Waals surface area contributed by atoms with Gasteiger partial charge in [-0.05, 0) is 64.2 Å². The largest absolute Gasteiger partial charge is 0.492 e. The average Bonchev–Trinajstić information content (AvgIpc) is 3.50. The van der Waals surface area contributed by atoms with Crippen LogP contribution < -0.4 is 10.1 Å². The zero-order valence-corrected chi connectivity index (χ0v) is 19.7. The van der Waals surface area contributed by atoms with Crippen molar-refractivity contribution in [3.8, 4) is 17.0 Å². The molecule has 8 nitrogen and oxygen atoms in total. The number of carbonyl (C=O) groups excluding carboxylic acids is 1. The Morgan fingerprint density at radius 2 is 2.06 bits per heavy atom. The fourth-order valence-corrected chi connectivity index (χ4v) is 5.01. The first-order valence-corrected chi connectivity index (χ1v) is 11.8. The van der Waals surface area contributed by atoms with E-state index in [2.05, 4.69) is 32.0 Å². The predicted octanol–water partition coefficient (Wildman–Crippen LogP) is 3.12. The molecular weight excluding hydrogens is 416 g/mol. The number of aryl methyl sites for hydroxylation is 1. The number of ether oxygens (including phenoxy) is 1. The smallest absolute Gasteiger partial charge is 0.317 e. The topological polar surface area (TPSA) is 75.5 Å². The third-order valence-electron chi connectivity index (χ3n) is 6.85. The summed E-state index contributed by atoms with van der Waals surface area (Å²) < 4.78 is 8.03. The molecule has 2 aliphatic rings. The van der Waals surface area contributed by atoms with Gasteiger partial charge in [-0.1, -0.05) is 0 Å². The molecule has 1 unspecified atom stereocenters. The minimum atomic E-state index is 0.00799. The van der Waals surface area contributed by atoms with E-state index in [9.17, 15) is 4.79 Å². The molecule has 2 amide bonds. The van der Waals surface area contributed by atoms with Gasteiger partial charge in [-0.15, -0.1) is 0 Å². The van der Waals surface area contributed by atoms with E-state index in [1.165, 1.54) is 5.69 Å². The summed E-state index contributed by atoms with van der Waals surface area (Å²) in [5, 5.41) is 8.88. The number of urea groups is 1. The molecular formula is C25H32N6O2. The van der Waals surface area contributed by atoms with Crippen LogP contribution in [0.1, 0.15) is 25.5 Å². The maximum absolute atomic E-state index is 12.3. The molecule has 5 rings (SSSR count). The average molecular weight is 449 g/mol. The van der Waals surface area contributed by atoms with Crippen LogP contribution in [0.4, 0.5) is 4.79 Å². The Kier molecular flexibility index (Phi) is 5.70. The quantitative estimate of drug-likeness (QED) is 0.627. The normalized spacial score (nSPS) is 19.6. The summed E-state index contributed by atoms with van der Waals surface area (Å²) >= 11 is 0. The highest BCUT2D eigenvalue weighted by molar-refractivity contribution is 5.84. The maximum atomic E-state index is 12.3. The van der Waals surface area contributed by atoms with E-state index in [4.69, 9.17) is 9.84 Å². The molecule has 1 N–H and O–H groups in total. The fraction of sp³-hybridized carbons (Fsp3) is 0.480. The maximum Gasteiger partial charge on any atom is 0.317 e. The van der Waals surface area contributed by atoms with Crippen molar-refractivity contribution < 1.29 is 9.53 Å². The number of aromatic nitrogens is 3. The number of hydrogen-bond donors (Lipinski definition) is 1. The standard InChI is InChI=1S/C25H32N6O2/c1-4-26-24(32)30-9-7-25(17-30)8-10-31-23(25)15-22(28-31)19-13-18-14-20(33-12-11-29(2)3)5-6-21(18)27-16-19/h5-6,13-16H,4,7-12,17H2,1-3H3,(H,26,32). The molecule has 2 aromatic heterocycles. The third-order valence-corrected chi connectivity index (χ3v) is 6.85. The van der Waals surface area contributed by atoms with Crippen molar-refractivity contribution >= 4 is 16.9 Å². The van der Waals surface area contributed by atoms with E-state index in [1.54, 1.807) is 0 Å². The Bertz CT molecular complexity index is 1170. The van der Waals surface area contributed by atoms with Crippen molar-refractivity contribution in [2.24, 2.45) is 0 Å². The van der Waals surface area contributed by atoms with Gasteiger partial charge in [0.15, 0.2) is 0 Å². The second-order valence-corrected chi connectivity index (χ2v) is 9.41. The van der Waals surface area contributed by atoms with Crippen LogP contribution in [-0.2, 0) is 12.0 Å². The zero-order chi connectivity index (χ0) is 23.0. The van der Waals surface area contributed by atoms with Crippen LogP contribution in [0.5, 0.6) is 5.75 Å². The van der Waals surface area contributed by atoms with Gasteiger partial charge in [0.1, 0.15) is 12.4 Å². The number of rotatable bonds is 6. The van der Waals surface area contributed by atoms with Crippen LogP contribution in [-0.4, -0.2) is 77.5 Å². The molecule has 1 aromatic carbocycles. The van der Waals surface area contributed by atoms with Crippen LogP contribution in [0, 0.1) is 0 Å². The molecule has 0 aliphatic carbocycles. The lowest BCUT2D eigenvalue weighted by Crippen LogP contribution is -2.40. The summed E-state index contributed by atoms with van der Waals surface area (Å²) in [7, 11) is 4.07. The number of nitrogens with zero attached hydrogens (tertiary/aromatic N) is 5. The van der Waals surface area contributed by atoms with Gasteiger partial charge < -0.3 is 19.9 Å². The highest BCUT2D eigenvalue weighted by Gasteiger charge is 2.46. The summed E-state index contributed by atoms with van der Waals surface area (Å²) in [5.74, 6) is 0.853. The van der Waals surface area contributed by atoms with E-state index < -0.39 is 0 Å². The van der Waals surface area contributed by atoms with Gasteiger partial charge >= 0.3 is 6.03 Å². The third kappa shape index (κ3) is 4.15. The molecule has 3 aromatic rings. The molecule has 1 saturated heterocycles. The van der Waals surface area contributed by atoms with Crippen LogP contribution in [0.25, 0.3) is 22.2 Å². The molecule has 0 saturated carbocycles. The van der Waals surface area contributed by atoms with Gasteiger partial charge in [-0.3, -0.25) is 9.67 Å². The monoisotopic (exact) mass is 448 g/mol. The molecule has 1 atom stereocenters. The number of fused-ring (bicyclic) bond motifs is 3. The first-order chi connectivity index (χ1) is 16.0. The lowest BCUT2D eigenvalue weighted by Gasteiger charge is -2.23. The van der Waals surface area contributed by atoms with Gasteiger partial charge in [0.25, 0.3) is 0 Å². The number of nitrogens with one attached hydrogen (secondary N) is 1. The van der Waals surface area contributed by atoms with Crippen LogP contribution in [0.3, 0.4) is 0 Å². The lowest BCUT2D eigenvalue weighted by atomic mass is 9.82. The van der Waals surface area contributed by atoms with E-state index in [1.807, 2.05) is 50.3 Å². The Morgan fingerprint density at radius 3 is 2.88 bits per heavy atom. The minimum absolute atomic E-state index is 0.00799. The molecule has 33 heavy (non-hydrogen) atoms. The number of amides is 2. The predicted molar refractivity (Wildman–Crippen MR) is 129 cm³/mol. The summed E-state index contributed by atoms with van der Waals surface area (Å²) in [5.41, 5.74) is 4.13. The molecule has 0 bridgehead atoms. The Balaban J connectivity index is 1.38. The van der Waals surface area contributed by atoms with Crippen molar-refractivity contribution in [1.82, 2.24) is 29.9 Å². The number of benzene rings is 1. The summed E-state index contributed by atoms with van der Waals surface area (Å²) in [4.78, 5) is 21.1. The van der Waals surface area contributed by atoms with Crippen LogP contribution >= 0.6 is 0 Å². The van der Waals surface area contributed by atoms with E-state index in [0.29, 0.717) is 13.2 Å². The number of carbonyl (C=O) groups is 1. The number of pyridine rings is 1. The van der Waals surface area contributed by atoms with Gasteiger partial charge in [0.05, 0.1) is 11.2 Å². The number of likely N-dealkylation sites (N-methyl/N-ethyl adjacent to an activating group) is 1. The first kappa shape index (κ1) is 21.7. The summed E-state index contributed by atoms with van der Waals surface area (Å²) in [6.07, 6.45) is 3.92. The fourth-order valence-electron chi connectivity index (χ4n) is 5.01. The number of hydrogen-bond acceptors (Lipinski definition) is 5.